The van der Waals surface area contributed by atoms with E-state index in [4.69, 9.17) is 0 Å². The molecule has 0 saturated carbocycles. The van der Waals surface area contributed by atoms with E-state index < -0.39 is 7.82 Å². The van der Waals surface area contributed by atoms with Crippen LogP contribution in [0.1, 0.15) is 33.1 Å². The van der Waals surface area contributed by atoms with E-state index in [1.54, 1.807) is 6.92 Å². The van der Waals surface area contributed by atoms with E-state index in [1.807, 2.05) is 6.92 Å². The number of phosphoric acid groups is 1. The van der Waals surface area contributed by atoms with E-state index in [9.17, 15) is 9.09 Å². The molecule has 80 valence electrons. The summed E-state index contributed by atoms with van der Waals surface area (Å²) in [6, 6.07) is 0. The van der Waals surface area contributed by atoms with Gasteiger partial charge in [-0.05, 0) is 17.9 Å². The van der Waals surface area contributed by atoms with Gasteiger partial charge in [0.1, 0.15) is 0 Å². The summed E-state index contributed by atoms with van der Waals surface area (Å²) in [6.45, 7) is 3.89. The fraction of sp³-hybridized carbons (Fsp3) is 1.00. The quantitative estimate of drug-likeness (QED) is 0.459. The summed E-state index contributed by atoms with van der Waals surface area (Å²) in [6.07, 6.45) is 2.67. The number of unbranched alkanes of at least 4 members (excludes halogenated alkanes) is 2. The maximum atomic E-state index is 11.7. The summed E-state index contributed by atoms with van der Waals surface area (Å²) < 4.78 is 35.2. The molecule has 0 aliphatic carbocycles. The minimum Gasteiger partial charge on any atom is -0.285 e. The van der Waals surface area contributed by atoms with E-state index in [1.165, 1.54) is 0 Å². The van der Waals surface area contributed by atoms with Gasteiger partial charge in [-0.2, -0.15) is 0 Å². The van der Waals surface area contributed by atoms with Gasteiger partial charge < -0.3 is 0 Å². The summed E-state index contributed by atoms with van der Waals surface area (Å²) in [5.74, 6) is 0. The Balaban J connectivity index is 3.64. The Morgan fingerprint density at radius 3 is 2.38 bits per heavy atom. The van der Waals surface area contributed by atoms with Gasteiger partial charge in [0.2, 0.25) is 0 Å². The molecule has 1 unspecified atom stereocenters. The highest BCUT2D eigenvalue weighted by atomic mass is 31.2. The molecule has 4 nitrogen and oxygen atoms in total. The predicted octanol–water partition coefficient (Wildman–Crippen LogP) is 3.24. The van der Waals surface area contributed by atoms with Crippen LogP contribution in [0.5, 0.6) is 0 Å². The van der Waals surface area contributed by atoms with Gasteiger partial charge in [0.15, 0.2) is 0 Å². The molecular formula is C7H16FO4P. The second-order valence-electron chi connectivity index (χ2n) is 2.47. The predicted molar refractivity (Wildman–Crippen MR) is 46.9 cm³/mol. The largest absolute Gasteiger partial charge is 0.506 e. The van der Waals surface area contributed by atoms with Crippen molar-refractivity contribution in [2.75, 3.05) is 13.2 Å². The van der Waals surface area contributed by atoms with Gasteiger partial charge in [-0.15, -0.1) is 0 Å². The Kier molecular flexibility index (Phi) is 7.47. The van der Waals surface area contributed by atoms with Crippen molar-refractivity contribution in [3.8, 4) is 0 Å². The third-order valence-corrected chi connectivity index (χ3v) is 2.61. The zero-order chi connectivity index (χ0) is 10.2. The van der Waals surface area contributed by atoms with Crippen molar-refractivity contribution in [2.24, 2.45) is 0 Å². The van der Waals surface area contributed by atoms with Crippen LogP contribution in [0.2, 0.25) is 0 Å². The van der Waals surface area contributed by atoms with Crippen molar-refractivity contribution in [3.63, 3.8) is 0 Å². The van der Waals surface area contributed by atoms with Crippen molar-refractivity contribution in [3.05, 3.63) is 0 Å². The Bertz CT molecular complexity index is 165. The molecule has 0 aromatic rings. The lowest BCUT2D eigenvalue weighted by Gasteiger charge is -2.11. The summed E-state index contributed by atoms with van der Waals surface area (Å²) in [5, 5.41) is 0. The van der Waals surface area contributed by atoms with Gasteiger partial charge in [-0.3, -0.25) is 9.05 Å². The average Bonchev–Trinajstić information content (AvgIpc) is 2.13. The highest BCUT2D eigenvalue weighted by Crippen LogP contribution is 2.49. The van der Waals surface area contributed by atoms with Gasteiger partial charge in [0.05, 0.1) is 13.2 Å². The average molecular weight is 214 g/mol. The lowest BCUT2D eigenvalue weighted by Crippen LogP contribution is -1.97. The van der Waals surface area contributed by atoms with E-state index >= 15 is 0 Å². The SMILES string of the molecule is CCCCCOP(=O)(OF)OCC. The fourth-order valence-corrected chi connectivity index (χ4v) is 1.59. The smallest absolute Gasteiger partial charge is 0.285 e. The molecule has 0 heterocycles. The van der Waals surface area contributed by atoms with Crippen LogP contribution in [0, 0.1) is 0 Å². The molecule has 0 bridgehead atoms. The number of halogens is 1. The summed E-state index contributed by atoms with van der Waals surface area (Å²) >= 11 is 0. The summed E-state index contributed by atoms with van der Waals surface area (Å²) in [7, 11) is -3.91. The molecule has 0 rings (SSSR count). The van der Waals surface area contributed by atoms with E-state index in [0.29, 0.717) is 0 Å². The van der Waals surface area contributed by atoms with Gasteiger partial charge in [0.25, 0.3) is 0 Å². The van der Waals surface area contributed by atoms with Gasteiger partial charge >= 0.3 is 7.82 Å². The van der Waals surface area contributed by atoms with Crippen LogP contribution in [-0.4, -0.2) is 13.2 Å². The normalized spacial score (nSPS) is 15.6. The number of hydrogen-bond donors (Lipinski definition) is 0. The monoisotopic (exact) mass is 214 g/mol. The first-order chi connectivity index (χ1) is 6.18. The highest BCUT2D eigenvalue weighted by molar-refractivity contribution is 7.48. The van der Waals surface area contributed by atoms with Crippen LogP contribution in [-0.2, 0) is 18.3 Å². The first kappa shape index (κ1) is 13.0. The molecule has 0 aromatic carbocycles. The van der Waals surface area contributed by atoms with Crippen LogP contribution in [0.4, 0.5) is 4.53 Å². The maximum Gasteiger partial charge on any atom is 0.506 e. The van der Waals surface area contributed by atoms with Crippen LogP contribution >= 0.6 is 7.82 Å². The fourth-order valence-electron chi connectivity index (χ4n) is 0.764. The second kappa shape index (κ2) is 7.44. The lowest BCUT2D eigenvalue weighted by atomic mass is 10.3. The molecule has 6 heteroatoms. The molecule has 0 fully saturated rings. The zero-order valence-electron chi connectivity index (χ0n) is 7.99. The van der Waals surface area contributed by atoms with E-state index in [-0.39, 0.29) is 13.2 Å². The second-order valence-corrected chi connectivity index (χ2v) is 4.02. The molecule has 0 amide bonds. The Hall–Kier alpha value is 0.0400. The van der Waals surface area contributed by atoms with Crippen molar-refractivity contribution < 1.29 is 22.9 Å². The first-order valence-corrected chi connectivity index (χ1v) is 5.84. The zero-order valence-corrected chi connectivity index (χ0v) is 8.89. The van der Waals surface area contributed by atoms with Crippen molar-refractivity contribution in [2.45, 2.75) is 33.1 Å². The van der Waals surface area contributed by atoms with E-state index in [2.05, 4.69) is 13.8 Å². The Morgan fingerprint density at radius 2 is 1.92 bits per heavy atom. The van der Waals surface area contributed by atoms with Crippen LogP contribution in [0.15, 0.2) is 0 Å². The molecular weight excluding hydrogens is 198 g/mol. The molecule has 0 spiro atoms. The standard InChI is InChI=1S/C7H16FO4P/c1-3-5-6-7-11-13(9,12-8)10-4-2/h3-7H2,1-2H3. The molecule has 0 radical (unpaired) electrons. The Labute approximate surface area is 77.9 Å². The van der Waals surface area contributed by atoms with Crippen molar-refractivity contribution >= 4 is 7.82 Å². The molecule has 1 atom stereocenters. The lowest BCUT2D eigenvalue weighted by molar-refractivity contribution is -0.0562. The first-order valence-electron chi connectivity index (χ1n) is 4.38. The molecule has 13 heavy (non-hydrogen) atoms. The summed E-state index contributed by atoms with van der Waals surface area (Å²) in [5.41, 5.74) is 0. The minimum absolute atomic E-state index is 0.0922. The van der Waals surface area contributed by atoms with Gasteiger partial charge in [-0.1, -0.05) is 24.5 Å². The number of phosphoric ester groups is 1. The molecule has 0 N–H and O–H groups in total. The minimum atomic E-state index is -3.91. The van der Waals surface area contributed by atoms with E-state index in [0.717, 1.165) is 19.3 Å². The van der Waals surface area contributed by atoms with Crippen LogP contribution < -0.4 is 0 Å². The molecule has 0 aliphatic heterocycles. The maximum absolute atomic E-state index is 11.7. The topological polar surface area (TPSA) is 44.8 Å². The van der Waals surface area contributed by atoms with Crippen molar-refractivity contribution in [1.82, 2.24) is 0 Å². The Morgan fingerprint density at radius 1 is 1.23 bits per heavy atom. The number of rotatable bonds is 8. The number of hydrogen-bond acceptors (Lipinski definition) is 4. The van der Waals surface area contributed by atoms with Crippen molar-refractivity contribution in [1.29, 1.82) is 0 Å². The van der Waals surface area contributed by atoms with Gasteiger partial charge in [0, 0.05) is 0 Å². The molecule has 0 aliphatic rings. The summed E-state index contributed by atoms with van der Waals surface area (Å²) in [4.78, 5) is 0. The van der Waals surface area contributed by atoms with Crippen LogP contribution in [0.3, 0.4) is 0 Å². The van der Waals surface area contributed by atoms with Crippen LogP contribution in [0.25, 0.3) is 0 Å². The molecule has 0 aromatic heterocycles. The highest BCUT2D eigenvalue weighted by Gasteiger charge is 2.26. The third-order valence-electron chi connectivity index (χ3n) is 1.37. The molecule has 0 saturated heterocycles. The van der Waals surface area contributed by atoms with Gasteiger partial charge in [-0.25, -0.2) is 4.57 Å². The third kappa shape index (κ3) is 6.16.